The molecule has 1 fully saturated rings. The standard InChI is InChI=1S/C27H40ClN5O4S/c1-8-20(10-9-13-33(6)7)30-27(38)26(36)32-23-16-37-24(34)15-21(23)31-25(35)22(29-5)14-17(2)11-12-18(3)19(4)28/h8,11-12,14,21,23,29H,4,9-10,13,15-16H2,1-3,5-7H3,(H,30,38)(H,31,35)(H,32,36)/b17-11+,18-12-,20-8+,22-14-. The maximum absolute atomic E-state index is 13.0. The summed E-state index contributed by atoms with van der Waals surface area (Å²) >= 11 is 11.2. The highest BCUT2D eigenvalue weighted by atomic mass is 35.5. The normalized spacial score (nSPS) is 19.0. The molecule has 1 aliphatic heterocycles. The third-order valence-electron chi connectivity index (χ3n) is 5.72. The Kier molecular flexibility index (Phi) is 14.6. The van der Waals surface area contributed by atoms with Crippen LogP contribution in [0.1, 0.15) is 40.0 Å². The van der Waals surface area contributed by atoms with Gasteiger partial charge >= 0.3 is 5.97 Å². The van der Waals surface area contributed by atoms with Crippen molar-refractivity contribution in [3.05, 3.63) is 58.5 Å². The number of hydrogen-bond donors (Lipinski definition) is 4. The van der Waals surface area contributed by atoms with E-state index in [4.69, 9.17) is 28.6 Å². The fraction of sp³-hybridized carbons (Fsp3) is 0.481. The van der Waals surface area contributed by atoms with Gasteiger partial charge < -0.3 is 30.9 Å². The van der Waals surface area contributed by atoms with Gasteiger partial charge in [-0.15, -0.1) is 0 Å². The van der Waals surface area contributed by atoms with Crippen LogP contribution in [0.4, 0.5) is 0 Å². The average Bonchev–Trinajstić information content (AvgIpc) is 2.85. The SMILES string of the molecule is C=C(Cl)\C(C)=C/C=C(C)/C=C(\NC)C(=O)NC1CC(=O)OCC1NC(=O)C(=S)N/C(=C/C)CCCN(C)C. The first kappa shape index (κ1) is 33.1. The number of rotatable bonds is 12. The summed E-state index contributed by atoms with van der Waals surface area (Å²) in [5.74, 6) is -1.41. The quantitative estimate of drug-likeness (QED) is 0.124. The minimum atomic E-state index is -0.681. The lowest BCUT2D eigenvalue weighted by atomic mass is 10.0. The van der Waals surface area contributed by atoms with E-state index in [2.05, 4.69) is 32.7 Å². The number of hydrogen-bond acceptors (Lipinski definition) is 7. The highest BCUT2D eigenvalue weighted by Crippen LogP contribution is 2.13. The Balaban J connectivity index is 2.89. The highest BCUT2D eigenvalue weighted by molar-refractivity contribution is 7.82. The van der Waals surface area contributed by atoms with Gasteiger partial charge in [-0.1, -0.05) is 48.6 Å². The van der Waals surface area contributed by atoms with Gasteiger partial charge in [-0.25, -0.2) is 0 Å². The zero-order chi connectivity index (χ0) is 28.8. The molecule has 11 heteroatoms. The zero-order valence-electron chi connectivity index (χ0n) is 23.1. The predicted octanol–water partition coefficient (Wildman–Crippen LogP) is 2.81. The van der Waals surface area contributed by atoms with E-state index in [1.807, 2.05) is 47.0 Å². The molecule has 0 aromatic heterocycles. The summed E-state index contributed by atoms with van der Waals surface area (Å²) in [7, 11) is 5.62. The van der Waals surface area contributed by atoms with Crippen molar-refractivity contribution in [2.75, 3.05) is 34.3 Å². The molecule has 1 rings (SSSR count). The van der Waals surface area contributed by atoms with Gasteiger partial charge in [0.25, 0.3) is 11.8 Å². The van der Waals surface area contributed by atoms with Gasteiger partial charge in [0, 0.05) is 17.8 Å². The number of carbonyl (C=O) groups is 3. The maximum atomic E-state index is 13.0. The molecule has 38 heavy (non-hydrogen) atoms. The Morgan fingerprint density at radius 1 is 1.18 bits per heavy atom. The fourth-order valence-electron chi connectivity index (χ4n) is 3.39. The third kappa shape index (κ3) is 12.1. The van der Waals surface area contributed by atoms with Crippen LogP contribution in [0.25, 0.3) is 0 Å². The largest absolute Gasteiger partial charge is 0.463 e. The van der Waals surface area contributed by atoms with Crippen LogP contribution in [0.2, 0.25) is 0 Å². The second-order valence-corrected chi connectivity index (χ2v) is 10.1. The molecule has 0 saturated carbocycles. The summed E-state index contributed by atoms with van der Waals surface area (Å²) in [5, 5.41) is 11.9. The molecule has 2 unspecified atom stereocenters. The van der Waals surface area contributed by atoms with Crippen LogP contribution in [0.3, 0.4) is 0 Å². The number of halogens is 1. The molecule has 1 heterocycles. The van der Waals surface area contributed by atoms with Crippen LogP contribution < -0.4 is 21.3 Å². The smallest absolute Gasteiger partial charge is 0.308 e. The zero-order valence-corrected chi connectivity index (χ0v) is 24.6. The van der Waals surface area contributed by atoms with E-state index in [1.165, 1.54) is 0 Å². The lowest BCUT2D eigenvalue weighted by Gasteiger charge is -2.32. The van der Waals surface area contributed by atoms with Crippen molar-refractivity contribution >= 4 is 46.6 Å². The molecule has 1 aliphatic rings. The number of nitrogens with zero attached hydrogens (tertiary/aromatic N) is 1. The van der Waals surface area contributed by atoms with E-state index in [1.54, 1.807) is 19.2 Å². The maximum Gasteiger partial charge on any atom is 0.308 e. The molecule has 0 radical (unpaired) electrons. The van der Waals surface area contributed by atoms with Crippen LogP contribution in [0, 0.1) is 0 Å². The molecular formula is C27H40ClN5O4S. The number of nitrogens with one attached hydrogen (secondary N) is 4. The van der Waals surface area contributed by atoms with Crippen molar-refractivity contribution in [3.8, 4) is 0 Å². The lowest BCUT2D eigenvalue weighted by Crippen LogP contribution is -2.59. The summed E-state index contributed by atoms with van der Waals surface area (Å²) < 4.78 is 5.14. The molecule has 0 aromatic carbocycles. The molecule has 2 amide bonds. The van der Waals surface area contributed by atoms with Crippen LogP contribution in [-0.2, 0) is 19.1 Å². The summed E-state index contributed by atoms with van der Waals surface area (Å²) in [5.41, 5.74) is 2.72. The number of esters is 1. The van der Waals surface area contributed by atoms with Gasteiger partial charge in [-0.2, -0.15) is 0 Å². The number of ether oxygens (including phenoxy) is 1. The van der Waals surface area contributed by atoms with E-state index in [0.717, 1.165) is 36.2 Å². The first-order valence-electron chi connectivity index (χ1n) is 12.4. The molecule has 4 N–H and O–H groups in total. The number of carbonyl (C=O) groups excluding carboxylic acids is 3. The minimum absolute atomic E-state index is 0.00415. The molecule has 0 bridgehead atoms. The van der Waals surface area contributed by atoms with Crippen molar-refractivity contribution in [2.45, 2.75) is 52.1 Å². The van der Waals surface area contributed by atoms with Crippen molar-refractivity contribution in [2.24, 2.45) is 0 Å². The number of likely N-dealkylation sites (N-methyl/N-ethyl adjacent to an activating group) is 1. The number of cyclic esters (lactones) is 1. The third-order valence-corrected chi connectivity index (χ3v) is 6.30. The summed E-state index contributed by atoms with van der Waals surface area (Å²) in [6.45, 7) is 10.0. The Hall–Kier alpha value is -2.95. The van der Waals surface area contributed by atoms with Gasteiger partial charge in [0.2, 0.25) is 0 Å². The first-order valence-corrected chi connectivity index (χ1v) is 13.1. The van der Waals surface area contributed by atoms with E-state index in [0.29, 0.717) is 5.03 Å². The second-order valence-electron chi connectivity index (χ2n) is 9.20. The van der Waals surface area contributed by atoms with Crippen molar-refractivity contribution < 1.29 is 19.1 Å². The van der Waals surface area contributed by atoms with Crippen LogP contribution in [0.5, 0.6) is 0 Å². The number of allylic oxidation sites excluding steroid dienone is 8. The molecular weight excluding hydrogens is 526 g/mol. The number of thiocarbonyl (C=S) groups is 1. The Morgan fingerprint density at radius 3 is 2.42 bits per heavy atom. The minimum Gasteiger partial charge on any atom is -0.463 e. The molecule has 0 aliphatic carbocycles. The topological polar surface area (TPSA) is 112 Å². The molecule has 2 atom stereocenters. The van der Waals surface area contributed by atoms with Crippen molar-refractivity contribution in [1.29, 1.82) is 0 Å². The first-order chi connectivity index (χ1) is 17.9. The van der Waals surface area contributed by atoms with E-state index >= 15 is 0 Å². The van der Waals surface area contributed by atoms with Crippen molar-refractivity contribution in [3.63, 3.8) is 0 Å². The Labute approximate surface area is 236 Å². The molecule has 0 aromatic rings. The number of amides is 2. The Morgan fingerprint density at radius 2 is 1.84 bits per heavy atom. The molecule has 9 nitrogen and oxygen atoms in total. The van der Waals surface area contributed by atoms with Crippen LogP contribution in [-0.4, -0.2) is 74.1 Å². The molecule has 1 saturated heterocycles. The summed E-state index contributed by atoms with van der Waals surface area (Å²) in [6.07, 6.45) is 8.71. The monoisotopic (exact) mass is 565 g/mol. The van der Waals surface area contributed by atoms with E-state index in [-0.39, 0.29) is 23.7 Å². The van der Waals surface area contributed by atoms with Crippen LogP contribution >= 0.6 is 23.8 Å². The molecule has 210 valence electrons. The molecule has 0 spiro atoms. The van der Waals surface area contributed by atoms with Gasteiger partial charge in [0.05, 0.1) is 24.2 Å². The van der Waals surface area contributed by atoms with E-state index < -0.39 is 29.9 Å². The highest BCUT2D eigenvalue weighted by Gasteiger charge is 2.34. The van der Waals surface area contributed by atoms with Gasteiger partial charge in [-0.05, 0) is 71.5 Å². The fourth-order valence-corrected chi connectivity index (χ4v) is 3.65. The average molecular weight is 566 g/mol. The Bertz CT molecular complexity index is 1030. The van der Waals surface area contributed by atoms with Gasteiger partial charge in [0.15, 0.2) is 4.99 Å². The van der Waals surface area contributed by atoms with Crippen molar-refractivity contribution in [1.82, 2.24) is 26.2 Å². The lowest BCUT2D eigenvalue weighted by molar-refractivity contribution is -0.150. The van der Waals surface area contributed by atoms with E-state index in [9.17, 15) is 14.4 Å². The summed E-state index contributed by atoms with van der Waals surface area (Å²) in [4.78, 5) is 39.9. The van der Waals surface area contributed by atoms with Gasteiger partial charge in [-0.3, -0.25) is 14.4 Å². The second kappa shape index (κ2) is 16.8. The predicted molar refractivity (Wildman–Crippen MR) is 156 cm³/mol. The van der Waals surface area contributed by atoms with Gasteiger partial charge in [0.1, 0.15) is 6.61 Å². The van der Waals surface area contributed by atoms with Crippen LogP contribution in [0.15, 0.2) is 58.5 Å². The summed E-state index contributed by atoms with van der Waals surface area (Å²) in [6, 6.07) is -1.33.